The van der Waals surface area contributed by atoms with Crippen molar-refractivity contribution in [3.05, 3.63) is 53.3 Å². The summed E-state index contributed by atoms with van der Waals surface area (Å²) >= 11 is 1.49. The van der Waals surface area contributed by atoms with Gasteiger partial charge in [-0.1, -0.05) is 12.1 Å². The number of aromatic nitrogens is 2. The monoisotopic (exact) mass is 359 g/mol. The molecule has 0 spiro atoms. The molecule has 0 atom stereocenters. The lowest BCUT2D eigenvalue weighted by Crippen LogP contribution is -2.28. The number of hydrogen-bond acceptors (Lipinski definition) is 6. The molecule has 0 saturated carbocycles. The maximum atomic E-state index is 11.8. The molecule has 0 aliphatic rings. The molecule has 0 unspecified atom stereocenters. The fourth-order valence-corrected chi connectivity index (χ4v) is 2.96. The molecule has 2 heterocycles. The van der Waals surface area contributed by atoms with E-state index in [0.717, 1.165) is 16.3 Å². The fraction of sp³-hybridized carbons (Fsp3) is 0.235. The van der Waals surface area contributed by atoms with Crippen LogP contribution in [0.2, 0.25) is 0 Å². The van der Waals surface area contributed by atoms with Crippen molar-refractivity contribution in [3.63, 3.8) is 0 Å². The average Bonchev–Trinajstić information content (AvgIpc) is 3.19. The third-order valence-corrected chi connectivity index (χ3v) is 4.23. The van der Waals surface area contributed by atoms with E-state index >= 15 is 0 Å². The first-order valence-electron chi connectivity index (χ1n) is 7.60. The maximum Gasteiger partial charge on any atom is 0.312 e. The molecule has 130 valence electrons. The molecular formula is C17H17N3O4S. The van der Waals surface area contributed by atoms with Gasteiger partial charge in [-0.25, -0.2) is 4.98 Å². The Morgan fingerprint density at radius 3 is 3.04 bits per heavy atom. The van der Waals surface area contributed by atoms with Gasteiger partial charge in [0.2, 0.25) is 0 Å². The van der Waals surface area contributed by atoms with Crippen LogP contribution in [0.1, 0.15) is 11.3 Å². The van der Waals surface area contributed by atoms with Crippen LogP contribution in [0.3, 0.4) is 0 Å². The summed E-state index contributed by atoms with van der Waals surface area (Å²) in [7, 11) is 1.58. The van der Waals surface area contributed by atoms with Gasteiger partial charge in [-0.3, -0.25) is 14.0 Å². The Hall–Kier alpha value is -2.87. The Labute approximate surface area is 148 Å². The highest BCUT2D eigenvalue weighted by Gasteiger charge is 2.11. The third-order valence-electron chi connectivity index (χ3n) is 3.46. The first-order chi connectivity index (χ1) is 12.1. The number of amides is 1. The number of thiazole rings is 1. The zero-order valence-corrected chi connectivity index (χ0v) is 14.4. The van der Waals surface area contributed by atoms with Gasteiger partial charge in [-0.2, -0.15) is 0 Å². The lowest BCUT2D eigenvalue weighted by molar-refractivity contribution is -0.147. The van der Waals surface area contributed by atoms with Gasteiger partial charge in [0, 0.05) is 24.3 Å². The van der Waals surface area contributed by atoms with Crippen LogP contribution < -0.4 is 10.1 Å². The first kappa shape index (κ1) is 17.0. The van der Waals surface area contributed by atoms with E-state index in [1.807, 2.05) is 40.2 Å². The molecule has 3 rings (SSSR count). The molecule has 1 aromatic carbocycles. The predicted octanol–water partition coefficient (Wildman–Crippen LogP) is 1.81. The molecule has 0 bridgehead atoms. The quantitative estimate of drug-likeness (QED) is 0.651. The van der Waals surface area contributed by atoms with Crippen molar-refractivity contribution in [2.24, 2.45) is 0 Å². The van der Waals surface area contributed by atoms with Crippen molar-refractivity contribution in [2.75, 3.05) is 13.7 Å². The fourth-order valence-electron chi connectivity index (χ4n) is 2.24. The number of rotatable bonds is 7. The molecule has 0 aliphatic heterocycles. The molecule has 2 aromatic heterocycles. The Morgan fingerprint density at radius 1 is 1.36 bits per heavy atom. The van der Waals surface area contributed by atoms with Gasteiger partial charge < -0.3 is 14.8 Å². The molecule has 7 nitrogen and oxygen atoms in total. The Kier molecular flexibility index (Phi) is 5.30. The topological polar surface area (TPSA) is 81.9 Å². The van der Waals surface area contributed by atoms with E-state index in [2.05, 4.69) is 10.3 Å². The zero-order valence-electron chi connectivity index (χ0n) is 13.6. The number of fused-ring (bicyclic) bond motifs is 1. The van der Waals surface area contributed by atoms with Crippen molar-refractivity contribution in [2.45, 2.75) is 13.0 Å². The van der Waals surface area contributed by atoms with Crippen LogP contribution in [-0.2, 0) is 27.3 Å². The summed E-state index contributed by atoms with van der Waals surface area (Å²) in [6, 6.07) is 7.37. The molecule has 3 aromatic rings. The summed E-state index contributed by atoms with van der Waals surface area (Å²) in [5.74, 6) is -0.123. The minimum atomic E-state index is -0.484. The first-order valence-corrected chi connectivity index (χ1v) is 8.48. The van der Waals surface area contributed by atoms with Crippen molar-refractivity contribution in [3.8, 4) is 5.75 Å². The van der Waals surface area contributed by atoms with Crippen LogP contribution in [0, 0.1) is 0 Å². The maximum absolute atomic E-state index is 11.8. The van der Waals surface area contributed by atoms with Crippen molar-refractivity contribution in [1.29, 1.82) is 0 Å². The molecule has 0 aliphatic carbocycles. The summed E-state index contributed by atoms with van der Waals surface area (Å²) in [4.78, 5) is 28.7. The Morgan fingerprint density at radius 2 is 2.24 bits per heavy atom. The van der Waals surface area contributed by atoms with Crippen LogP contribution in [0.15, 0.2) is 42.0 Å². The van der Waals surface area contributed by atoms with Gasteiger partial charge in [-0.15, -0.1) is 11.3 Å². The SMILES string of the molecule is COc1cccc(CNC(=O)COC(=O)Cc2cn3ccsc3n2)c1. The van der Waals surface area contributed by atoms with E-state index in [-0.39, 0.29) is 18.9 Å². The highest BCUT2D eigenvalue weighted by Crippen LogP contribution is 2.13. The van der Waals surface area contributed by atoms with E-state index in [4.69, 9.17) is 9.47 Å². The van der Waals surface area contributed by atoms with E-state index in [1.54, 1.807) is 13.3 Å². The number of hydrogen-bond donors (Lipinski definition) is 1. The average molecular weight is 359 g/mol. The second kappa shape index (κ2) is 7.80. The molecule has 8 heteroatoms. The van der Waals surface area contributed by atoms with Crippen LogP contribution in [-0.4, -0.2) is 35.0 Å². The normalized spacial score (nSPS) is 10.6. The van der Waals surface area contributed by atoms with Gasteiger partial charge >= 0.3 is 5.97 Å². The predicted molar refractivity (Wildman–Crippen MR) is 92.6 cm³/mol. The molecule has 1 amide bonds. The second-order valence-electron chi connectivity index (χ2n) is 5.29. The molecule has 0 radical (unpaired) electrons. The van der Waals surface area contributed by atoms with Crippen LogP contribution in [0.5, 0.6) is 5.75 Å². The van der Waals surface area contributed by atoms with E-state index in [0.29, 0.717) is 12.2 Å². The number of benzene rings is 1. The number of carbonyl (C=O) groups excluding carboxylic acids is 2. The molecule has 0 saturated heterocycles. The van der Waals surface area contributed by atoms with Crippen molar-refractivity contribution >= 4 is 28.2 Å². The van der Waals surface area contributed by atoms with E-state index in [1.165, 1.54) is 11.3 Å². The number of nitrogens with one attached hydrogen (secondary N) is 1. The standard InChI is InChI=1S/C17H17N3O4S/c1-23-14-4-2-3-12(7-14)9-18-15(21)11-24-16(22)8-13-10-20-5-6-25-17(20)19-13/h2-7,10H,8-9,11H2,1H3,(H,18,21). The third kappa shape index (κ3) is 4.57. The number of carbonyl (C=O) groups is 2. The van der Waals surface area contributed by atoms with Crippen molar-refractivity contribution < 1.29 is 19.1 Å². The van der Waals surface area contributed by atoms with Crippen LogP contribution >= 0.6 is 11.3 Å². The molecular weight excluding hydrogens is 342 g/mol. The smallest absolute Gasteiger partial charge is 0.312 e. The summed E-state index contributed by atoms with van der Waals surface area (Å²) in [6.07, 6.45) is 3.68. The van der Waals surface area contributed by atoms with Crippen LogP contribution in [0.25, 0.3) is 4.96 Å². The lowest BCUT2D eigenvalue weighted by atomic mass is 10.2. The van der Waals surface area contributed by atoms with E-state index in [9.17, 15) is 9.59 Å². The summed E-state index contributed by atoms with van der Waals surface area (Å²) in [5, 5.41) is 4.61. The minimum absolute atomic E-state index is 0.0393. The lowest BCUT2D eigenvalue weighted by Gasteiger charge is -2.07. The van der Waals surface area contributed by atoms with Crippen LogP contribution in [0.4, 0.5) is 0 Å². The van der Waals surface area contributed by atoms with Gasteiger partial charge in [0.1, 0.15) is 5.75 Å². The van der Waals surface area contributed by atoms with Gasteiger partial charge in [0.25, 0.3) is 5.91 Å². The molecule has 1 N–H and O–H groups in total. The number of imidazole rings is 1. The summed E-state index contributed by atoms with van der Waals surface area (Å²) in [5.41, 5.74) is 1.52. The van der Waals surface area contributed by atoms with Gasteiger partial charge in [0.15, 0.2) is 11.6 Å². The zero-order chi connectivity index (χ0) is 17.6. The number of esters is 1. The van der Waals surface area contributed by atoms with Gasteiger partial charge in [-0.05, 0) is 17.7 Å². The summed E-state index contributed by atoms with van der Waals surface area (Å²) < 4.78 is 12.0. The van der Waals surface area contributed by atoms with E-state index < -0.39 is 5.97 Å². The highest BCUT2D eigenvalue weighted by atomic mass is 32.1. The minimum Gasteiger partial charge on any atom is -0.497 e. The largest absolute Gasteiger partial charge is 0.497 e. The number of methoxy groups -OCH3 is 1. The second-order valence-corrected chi connectivity index (χ2v) is 6.16. The van der Waals surface area contributed by atoms with Gasteiger partial charge in [0.05, 0.1) is 19.2 Å². The number of nitrogens with zero attached hydrogens (tertiary/aromatic N) is 2. The Bertz CT molecular complexity index is 858. The highest BCUT2D eigenvalue weighted by molar-refractivity contribution is 7.15. The summed E-state index contributed by atoms with van der Waals surface area (Å²) in [6.45, 7) is 0.0237. The molecule has 25 heavy (non-hydrogen) atoms. The molecule has 0 fully saturated rings. The number of ether oxygens (including phenoxy) is 2. The Balaban J connectivity index is 1.42. The van der Waals surface area contributed by atoms with Crippen molar-refractivity contribution in [1.82, 2.24) is 14.7 Å².